The number of carbonyl (C=O) groups excluding carboxylic acids is 1. The first-order chi connectivity index (χ1) is 19.6. The second-order valence-electron chi connectivity index (χ2n) is 12.2. The second kappa shape index (κ2) is 10.8. The van der Waals surface area contributed by atoms with Crippen LogP contribution < -0.4 is 19.9 Å². The van der Waals surface area contributed by atoms with E-state index in [1.165, 1.54) is 11.1 Å². The molecule has 2 aromatic heterocycles. The molecule has 0 unspecified atom stereocenters. The van der Waals surface area contributed by atoms with Crippen LogP contribution in [0, 0.1) is 6.92 Å². The number of pyridine rings is 1. The van der Waals surface area contributed by atoms with Gasteiger partial charge in [0.2, 0.25) is 11.8 Å². The number of fused-ring (bicyclic) bond motifs is 3. The summed E-state index contributed by atoms with van der Waals surface area (Å²) in [5, 5.41) is 3.44. The average Bonchev–Trinajstić information content (AvgIpc) is 3.12. The lowest BCUT2D eigenvalue weighted by atomic mass is 10.0. The van der Waals surface area contributed by atoms with Gasteiger partial charge in [0.25, 0.3) is 0 Å². The van der Waals surface area contributed by atoms with Crippen LogP contribution in [0.2, 0.25) is 0 Å². The van der Waals surface area contributed by atoms with Crippen LogP contribution in [0.15, 0.2) is 30.6 Å². The second-order valence-corrected chi connectivity index (χ2v) is 12.2. The van der Waals surface area contributed by atoms with Crippen LogP contribution in [0.3, 0.4) is 0 Å². The summed E-state index contributed by atoms with van der Waals surface area (Å²) in [5.74, 6) is 1.06. The molecule has 5 heterocycles. The van der Waals surface area contributed by atoms with E-state index in [1.54, 1.807) is 4.90 Å². The summed E-state index contributed by atoms with van der Waals surface area (Å²) in [4.78, 5) is 33.5. The number of aromatic nitrogens is 3. The van der Waals surface area contributed by atoms with Crippen LogP contribution in [0.4, 0.5) is 27.8 Å². The van der Waals surface area contributed by atoms with Crippen molar-refractivity contribution in [3.8, 4) is 5.88 Å². The number of hydrogen-bond donors (Lipinski definition) is 1. The predicted octanol–water partition coefficient (Wildman–Crippen LogP) is 4.65. The predicted molar refractivity (Wildman–Crippen MR) is 159 cm³/mol. The Morgan fingerprint density at radius 3 is 2.59 bits per heavy atom. The first kappa shape index (κ1) is 27.3. The third kappa shape index (κ3) is 5.79. The molecule has 0 saturated heterocycles. The summed E-state index contributed by atoms with van der Waals surface area (Å²) in [7, 11) is 2.18. The summed E-state index contributed by atoms with van der Waals surface area (Å²) in [6.07, 6.45) is 6.34. The fourth-order valence-electron chi connectivity index (χ4n) is 5.76. The van der Waals surface area contributed by atoms with Crippen molar-refractivity contribution in [2.45, 2.75) is 59.1 Å². The average molecular weight is 558 g/mol. The van der Waals surface area contributed by atoms with Crippen LogP contribution in [-0.2, 0) is 30.5 Å². The first-order valence-electron chi connectivity index (χ1n) is 14.4. The topological polar surface area (TPSA) is 96.0 Å². The molecule has 1 aromatic carbocycles. The normalized spacial score (nSPS) is 17.1. The smallest absolute Gasteiger partial charge is 0.415 e. The van der Waals surface area contributed by atoms with Crippen molar-refractivity contribution >= 4 is 29.1 Å². The van der Waals surface area contributed by atoms with Gasteiger partial charge >= 0.3 is 6.09 Å². The number of ether oxygens (including phenoxy) is 2. The summed E-state index contributed by atoms with van der Waals surface area (Å²) in [6.45, 7) is 12.0. The number of likely N-dealkylation sites (N-methyl/N-ethyl adjacent to an activating group) is 1. The zero-order chi connectivity index (χ0) is 28.7. The van der Waals surface area contributed by atoms with E-state index in [-0.39, 0.29) is 6.09 Å². The first-order valence-corrected chi connectivity index (χ1v) is 14.4. The number of nitrogens with one attached hydrogen (secondary N) is 1. The lowest BCUT2D eigenvalue weighted by Gasteiger charge is -2.35. The summed E-state index contributed by atoms with van der Waals surface area (Å²) in [5.41, 5.74) is 7.94. The highest BCUT2D eigenvalue weighted by Crippen LogP contribution is 2.39. The van der Waals surface area contributed by atoms with Gasteiger partial charge < -0.3 is 24.6 Å². The van der Waals surface area contributed by atoms with Gasteiger partial charge in [-0.2, -0.15) is 0 Å². The highest BCUT2D eigenvalue weighted by atomic mass is 16.6. The Bertz CT molecular complexity index is 1470. The largest absolute Gasteiger partial charge is 0.474 e. The van der Waals surface area contributed by atoms with Crippen molar-refractivity contribution in [2.24, 2.45) is 0 Å². The molecule has 3 aromatic rings. The van der Waals surface area contributed by atoms with E-state index in [9.17, 15) is 4.79 Å². The molecule has 1 amide bonds. The molecular formula is C31H39N7O3. The van der Waals surface area contributed by atoms with Crippen molar-refractivity contribution in [3.05, 3.63) is 58.5 Å². The SMILES string of the molecule is Cc1c(N2CCc3cnc(Nc4ccc5c(c4)CCN(C)CC5)nc3C2)cnc2c1N(C(=O)OC(C)(C)C)CCO2. The lowest BCUT2D eigenvalue weighted by Crippen LogP contribution is -2.42. The molecule has 0 saturated carbocycles. The molecule has 0 fully saturated rings. The number of rotatable bonds is 3. The number of carbonyl (C=O) groups is 1. The maximum atomic E-state index is 13.1. The minimum Gasteiger partial charge on any atom is -0.474 e. The molecule has 3 aliphatic heterocycles. The van der Waals surface area contributed by atoms with Gasteiger partial charge in [0, 0.05) is 37.1 Å². The van der Waals surface area contributed by atoms with Gasteiger partial charge in [0.05, 0.1) is 30.7 Å². The molecule has 0 bridgehead atoms. The molecule has 0 aliphatic carbocycles. The van der Waals surface area contributed by atoms with Crippen LogP contribution in [-0.4, -0.2) is 71.4 Å². The molecule has 3 aliphatic rings. The van der Waals surface area contributed by atoms with E-state index in [1.807, 2.05) is 40.1 Å². The van der Waals surface area contributed by atoms with Crippen molar-refractivity contribution in [3.63, 3.8) is 0 Å². The lowest BCUT2D eigenvalue weighted by molar-refractivity contribution is 0.0566. The van der Waals surface area contributed by atoms with E-state index >= 15 is 0 Å². The third-order valence-corrected chi connectivity index (χ3v) is 7.96. The van der Waals surface area contributed by atoms with E-state index in [2.05, 4.69) is 50.3 Å². The van der Waals surface area contributed by atoms with Gasteiger partial charge in [-0.15, -0.1) is 0 Å². The maximum Gasteiger partial charge on any atom is 0.415 e. The van der Waals surface area contributed by atoms with Gasteiger partial charge in [0.15, 0.2) is 0 Å². The zero-order valence-electron chi connectivity index (χ0n) is 24.7. The van der Waals surface area contributed by atoms with Gasteiger partial charge in [-0.05, 0) is 82.8 Å². The quantitative estimate of drug-likeness (QED) is 0.494. The van der Waals surface area contributed by atoms with E-state index < -0.39 is 5.60 Å². The highest BCUT2D eigenvalue weighted by molar-refractivity contribution is 5.92. The highest BCUT2D eigenvalue weighted by Gasteiger charge is 2.32. The van der Waals surface area contributed by atoms with Crippen LogP contribution in [0.1, 0.15) is 48.7 Å². The number of nitrogens with zero attached hydrogens (tertiary/aromatic N) is 6. The fraction of sp³-hybridized carbons (Fsp3) is 0.484. The van der Waals surface area contributed by atoms with Crippen molar-refractivity contribution in [1.29, 1.82) is 0 Å². The number of anilines is 4. The third-order valence-electron chi connectivity index (χ3n) is 7.96. The maximum absolute atomic E-state index is 13.1. The Balaban J connectivity index is 1.22. The van der Waals surface area contributed by atoms with Crippen LogP contribution in [0.5, 0.6) is 5.88 Å². The zero-order valence-corrected chi connectivity index (χ0v) is 24.7. The Morgan fingerprint density at radius 1 is 1.00 bits per heavy atom. The molecule has 10 nitrogen and oxygen atoms in total. The minimum atomic E-state index is -0.592. The van der Waals surface area contributed by atoms with Gasteiger partial charge in [-0.1, -0.05) is 6.07 Å². The summed E-state index contributed by atoms with van der Waals surface area (Å²) >= 11 is 0. The van der Waals surface area contributed by atoms with E-state index in [0.717, 1.165) is 67.1 Å². The van der Waals surface area contributed by atoms with Crippen molar-refractivity contribution in [1.82, 2.24) is 19.9 Å². The van der Waals surface area contributed by atoms with E-state index in [4.69, 9.17) is 14.5 Å². The van der Waals surface area contributed by atoms with Gasteiger partial charge in [-0.25, -0.2) is 19.7 Å². The molecule has 6 rings (SSSR count). The summed E-state index contributed by atoms with van der Waals surface area (Å²) < 4.78 is 11.5. The number of hydrogen-bond acceptors (Lipinski definition) is 9. The standard InChI is InChI=1S/C31H39N7O3/c1-20-26(18-32-28-27(20)38(14-15-40-28)30(39)41-31(2,3)4)37-13-10-23-17-33-29(35-25(23)19-37)34-24-7-6-21-8-11-36(5)12-9-22(21)16-24/h6-7,16-18H,8-15,19H2,1-5H3,(H,33,34,35). The van der Waals surface area contributed by atoms with Crippen LogP contribution in [0.25, 0.3) is 0 Å². The molecule has 41 heavy (non-hydrogen) atoms. The number of amides is 1. The minimum absolute atomic E-state index is 0.378. The molecular weight excluding hydrogens is 518 g/mol. The molecule has 0 radical (unpaired) electrons. The van der Waals surface area contributed by atoms with Gasteiger partial charge in [-0.3, -0.25) is 4.90 Å². The summed E-state index contributed by atoms with van der Waals surface area (Å²) in [6, 6.07) is 6.59. The molecule has 0 spiro atoms. The molecule has 216 valence electrons. The molecule has 1 N–H and O–H groups in total. The van der Waals surface area contributed by atoms with Crippen molar-refractivity contribution in [2.75, 3.05) is 55.0 Å². The Morgan fingerprint density at radius 2 is 1.78 bits per heavy atom. The Hall–Kier alpha value is -3.92. The monoisotopic (exact) mass is 557 g/mol. The van der Waals surface area contributed by atoms with E-state index in [0.29, 0.717) is 37.2 Å². The molecule has 0 atom stereocenters. The molecule has 10 heteroatoms. The Kier molecular flexibility index (Phi) is 7.19. The Labute approximate surface area is 241 Å². The van der Waals surface area contributed by atoms with Crippen LogP contribution >= 0.6 is 0 Å². The fourth-order valence-corrected chi connectivity index (χ4v) is 5.76. The number of benzene rings is 1. The van der Waals surface area contributed by atoms with Gasteiger partial charge in [0.1, 0.15) is 17.9 Å². The van der Waals surface area contributed by atoms with Crippen molar-refractivity contribution < 1.29 is 14.3 Å².